The fourth-order valence-corrected chi connectivity index (χ4v) is 6.63. The highest BCUT2D eigenvalue weighted by atomic mass is 28.4. The van der Waals surface area contributed by atoms with Crippen molar-refractivity contribution in [2.75, 3.05) is 6.61 Å². The molecule has 1 N–H and O–H groups in total. The predicted molar refractivity (Wildman–Crippen MR) is 158 cm³/mol. The van der Waals surface area contributed by atoms with Gasteiger partial charge in [-0.3, -0.25) is 0 Å². The van der Waals surface area contributed by atoms with E-state index in [1.54, 1.807) is 0 Å². The molecule has 1 aliphatic carbocycles. The average molecular weight is 537 g/mol. The van der Waals surface area contributed by atoms with Gasteiger partial charge < -0.3 is 18.7 Å². The van der Waals surface area contributed by atoms with E-state index < -0.39 is 16.6 Å². The second-order valence-electron chi connectivity index (χ2n) is 14.0. The Morgan fingerprint density at radius 1 is 0.919 bits per heavy atom. The molecular weight excluding hydrogens is 493 g/mol. The predicted octanol–water partition coefficient (Wildman–Crippen LogP) is 8.06. The van der Waals surface area contributed by atoms with E-state index in [0.29, 0.717) is 12.5 Å². The van der Waals surface area contributed by atoms with Crippen LogP contribution in [-0.4, -0.2) is 34.1 Å². The minimum absolute atomic E-state index is 0.0549. The van der Waals surface area contributed by atoms with E-state index in [2.05, 4.69) is 84.1 Å². The van der Waals surface area contributed by atoms with Crippen molar-refractivity contribution < 1.29 is 18.7 Å². The van der Waals surface area contributed by atoms with Crippen LogP contribution in [0.5, 0.6) is 17.2 Å². The van der Waals surface area contributed by atoms with E-state index in [9.17, 15) is 4.80 Å². The van der Waals surface area contributed by atoms with Gasteiger partial charge in [-0.2, -0.15) is 0 Å². The normalized spacial score (nSPS) is 19.9. The fourth-order valence-electron chi connectivity index (χ4n) is 4.97. The molecule has 1 fully saturated rings. The highest BCUT2D eigenvalue weighted by molar-refractivity contribution is 6.74. The first kappa shape index (κ1) is 26.6. The molecule has 200 valence electrons. The molecule has 0 radical (unpaired) electrons. The third-order valence-electron chi connectivity index (χ3n) is 9.38. The van der Waals surface area contributed by atoms with Crippen molar-refractivity contribution in [1.82, 2.24) is 0 Å². The molecule has 3 aliphatic rings. The lowest BCUT2D eigenvalue weighted by atomic mass is 9.84. The molecule has 2 aromatic carbocycles. The number of benzene rings is 2. The van der Waals surface area contributed by atoms with E-state index in [4.69, 9.17) is 13.9 Å². The van der Waals surface area contributed by atoms with Crippen LogP contribution in [0, 0.1) is 5.92 Å². The van der Waals surface area contributed by atoms with Crippen molar-refractivity contribution in [3.63, 3.8) is 0 Å². The lowest BCUT2D eigenvalue weighted by Gasteiger charge is -2.38. The maximum atomic E-state index is 10.8. The van der Waals surface area contributed by atoms with Gasteiger partial charge in [0.2, 0.25) is 8.32 Å². The first-order valence-electron chi connectivity index (χ1n) is 13.8. The SMILES string of the molecule is CC(C)(Cc1ccc2c(c1)OCC1=C2C(C2CC2)Oc2cc(O[Si](C)(C)C(C)(C)C)ccc21)[Si](C)(C)O. The van der Waals surface area contributed by atoms with Gasteiger partial charge in [0.1, 0.15) is 30.0 Å². The molecule has 1 atom stereocenters. The van der Waals surface area contributed by atoms with Gasteiger partial charge in [-0.05, 0) is 79.3 Å². The Hall–Kier alpha value is -2.03. The summed E-state index contributed by atoms with van der Waals surface area (Å²) < 4.78 is 19.8. The molecule has 0 amide bonds. The van der Waals surface area contributed by atoms with E-state index in [1.807, 2.05) is 13.1 Å². The largest absolute Gasteiger partial charge is 0.543 e. The molecule has 6 heteroatoms. The molecule has 0 spiro atoms. The molecular formula is C31H44O4Si2. The van der Waals surface area contributed by atoms with Crippen molar-refractivity contribution in [3.05, 3.63) is 53.1 Å². The Bertz CT molecular complexity index is 1240. The first-order valence-corrected chi connectivity index (χ1v) is 19.6. The highest BCUT2D eigenvalue weighted by Crippen LogP contribution is 2.53. The Morgan fingerprint density at radius 2 is 1.59 bits per heavy atom. The molecule has 0 aromatic heterocycles. The maximum Gasteiger partial charge on any atom is 0.250 e. The van der Waals surface area contributed by atoms with E-state index in [-0.39, 0.29) is 16.2 Å². The monoisotopic (exact) mass is 536 g/mol. The van der Waals surface area contributed by atoms with Crippen LogP contribution in [0.4, 0.5) is 0 Å². The van der Waals surface area contributed by atoms with Gasteiger partial charge in [-0.1, -0.05) is 46.8 Å². The van der Waals surface area contributed by atoms with Crippen molar-refractivity contribution in [1.29, 1.82) is 0 Å². The smallest absolute Gasteiger partial charge is 0.250 e. The van der Waals surface area contributed by atoms with Crippen molar-refractivity contribution >= 4 is 27.8 Å². The van der Waals surface area contributed by atoms with Crippen molar-refractivity contribution in [2.45, 2.75) is 96.2 Å². The van der Waals surface area contributed by atoms with Crippen LogP contribution >= 0.6 is 0 Å². The average Bonchev–Trinajstić information content (AvgIpc) is 3.61. The lowest BCUT2D eigenvalue weighted by Crippen LogP contribution is -2.43. The Morgan fingerprint density at radius 3 is 2.22 bits per heavy atom. The highest BCUT2D eigenvalue weighted by Gasteiger charge is 2.44. The topological polar surface area (TPSA) is 47.9 Å². The summed E-state index contributed by atoms with van der Waals surface area (Å²) in [5.41, 5.74) is 6.05. The number of fused-ring (bicyclic) bond motifs is 4. The molecule has 37 heavy (non-hydrogen) atoms. The van der Waals surface area contributed by atoms with Crippen LogP contribution in [0.25, 0.3) is 11.1 Å². The second kappa shape index (κ2) is 8.75. The second-order valence-corrected chi connectivity index (χ2v) is 23.2. The number of ether oxygens (including phenoxy) is 2. The zero-order valence-electron chi connectivity index (χ0n) is 24.1. The Balaban J connectivity index is 1.51. The van der Waals surface area contributed by atoms with Gasteiger partial charge in [0.05, 0.1) is 0 Å². The summed E-state index contributed by atoms with van der Waals surface area (Å²) in [5, 5.41) is 0.0219. The number of rotatable bonds is 6. The van der Waals surface area contributed by atoms with Gasteiger partial charge in [0.25, 0.3) is 0 Å². The number of hydrogen-bond acceptors (Lipinski definition) is 4. The third-order valence-corrected chi connectivity index (χ3v) is 17.2. The van der Waals surface area contributed by atoms with E-state index >= 15 is 0 Å². The lowest BCUT2D eigenvalue weighted by molar-refractivity contribution is 0.225. The van der Waals surface area contributed by atoms with E-state index in [1.165, 1.54) is 29.6 Å². The standard InChI is InChI=1S/C31H44O4Si2/c1-30(2,3)37(8,9)35-22-13-15-23-25-19-33-26-16-20(18-31(4,5)36(6,7)32)10-14-24(26)28(25)29(21-11-12-21)34-27(23)17-22/h10,13-17,21,29,32H,11-12,18-19H2,1-9H3. The van der Waals surface area contributed by atoms with Crippen LogP contribution in [0.2, 0.25) is 36.3 Å². The Kier molecular flexibility index (Phi) is 6.28. The maximum absolute atomic E-state index is 10.8. The van der Waals surface area contributed by atoms with Crippen LogP contribution in [-0.2, 0) is 6.42 Å². The molecule has 0 bridgehead atoms. The molecule has 1 unspecified atom stereocenters. The van der Waals surface area contributed by atoms with Crippen LogP contribution in [0.1, 0.15) is 64.2 Å². The van der Waals surface area contributed by atoms with Crippen molar-refractivity contribution in [2.24, 2.45) is 5.92 Å². The van der Waals surface area contributed by atoms with Gasteiger partial charge >= 0.3 is 0 Å². The summed E-state index contributed by atoms with van der Waals surface area (Å²) in [4.78, 5) is 10.8. The van der Waals surface area contributed by atoms with Crippen LogP contribution in [0.15, 0.2) is 36.4 Å². The summed E-state index contributed by atoms with van der Waals surface area (Å²) in [5.74, 6) is 3.32. The van der Waals surface area contributed by atoms with Gasteiger partial charge in [-0.25, -0.2) is 0 Å². The minimum Gasteiger partial charge on any atom is -0.543 e. The molecule has 2 heterocycles. The zero-order chi connectivity index (χ0) is 27.0. The minimum atomic E-state index is -2.30. The van der Waals surface area contributed by atoms with E-state index in [0.717, 1.165) is 34.8 Å². The third kappa shape index (κ3) is 4.93. The molecule has 0 saturated heterocycles. The first-order chi connectivity index (χ1) is 17.1. The summed E-state index contributed by atoms with van der Waals surface area (Å²) in [7, 11) is -4.24. The fraction of sp³-hybridized carbons (Fsp3) is 0.548. The zero-order valence-corrected chi connectivity index (χ0v) is 26.1. The van der Waals surface area contributed by atoms with Gasteiger partial charge in [-0.15, -0.1) is 0 Å². The van der Waals surface area contributed by atoms with Crippen LogP contribution in [0.3, 0.4) is 0 Å². The molecule has 1 saturated carbocycles. The summed E-state index contributed by atoms with van der Waals surface area (Å²) in [6.45, 7) is 20.3. The van der Waals surface area contributed by atoms with Gasteiger partial charge in [0.15, 0.2) is 8.32 Å². The summed E-state index contributed by atoms with van der Waals surface area (Å²) in [6.07, 6.45) is 3.30. The molecule has 2 aromatic rings. The van der Waals surface area contributed by atoms with Crippen molar-refractivity contribution in [3.8, 4) is 17.2 Å². The Labute approximate surface area is 225 Å². The summed E-state index contributed by atoms with van der Waals surface area (Å²) in [6, 6.07) is 13.0. The summed E-state index contributed by atoms with van der Waals surface area (Å²) >= 11 is 0. The molecule has 5 rings (SSSR count). The molecule has 2 aliphatic heterocycles. The molecule has 4 nitrogen and oxygen atoms in total. The van der Waals surface area contributed by atoms with Gasteiger partial charge in [0, 0.05) is 34.3 Å². The van der Waals surface area contributed by atoms with Crippen LogP contribution < -0.4 is 13.9 Å². The quantitative estimate of drug-likeness (QED) is 0.379. The number of hydrogen-bond donors (Lipinski definition) is 1.